The lowest BCUT2D eigenvalue weighted by atomic mass is 10.1. The van der Waals surface area contributed by atoms with Crippen LogP contribution in [0.25, 0.3) is 6.08 Å². The molecule has 1 heterocycles. The molecule has 6 nitrogen and oxygen atoms in total. The van der Waals surface area contributed by atoms with Gasteiger partial charge in [0, 0.05) is 47.6 Å². The average Bonchev–Trinajstić information content (AvgIpc) is 2.72. The van der Waals surface area contributed by atoms with Crippen LogP contribution in [0.2, 0.25) is 0 Å². The molecule has 2 aromatic carbocycles. The molecule has 0 atom stereocenters. The van der Waals surface area contributed by atoms with Crippen LogP contribution in [-0.4, -0.2) is 75.4 Å². The highest BCUT2D eigenvalue weighted by Crippen LogP contribution is 2.27. The maximum atomic E-state index is 12.8. The minimum atomic E-state index is -0.114. The smallest absolute Gasteiger partial charge is 0.238 e. The van der Waals surface area contributed by atoms with Gasteiger partial charge in [-0.05, 0) is 63.1 Å². The second-order valence-electron chi connectivity index (χ2n) is 8.06. The Balaban J connectivity index is 1.74. The topological polar surface area (TPSA) is 55.9 Å². The fraction of sp³-hybridized carbons (Fsp3) is 0.333. The average molecular weight is 485 g/mol. The van der Waals surface area contributed by atoms with Crippen LogP contribution in [0.3, 0.4) is 0 Å². The van der Waals surface area contributed by atoms with E-state index in [1.54, 1.807) is 35.2 Å². The molecular formula is C24H29BrN4O2. The summed E-state index contributed by atoms with van der Waals surface area (Å²) in [6, 6.07) is 13.2. The van der Waals surface area contributed by atoms with Gasteiger partial charge in [-0.25, -0.2) is 0 Å². The number of anilines is 2. The Labute approximate surface area is 192 Å². The molecule has 0 unspecified atom stereocenters. The van der Waals surface area contributed by atoms with Gasteiger partial charge in [-0.1, -0.05) is 34.1 Å². The van der Waals surface area contributed by atoms with E-state index in [0.717, 1.165) is 41.9 Å². The van der Waals surface area contributed by atoms with E-state index in [-0.39, 0.29) is 18.2 Å². The van der Waals surface area contributed by atoms with Crippen molar-refractivity contribution < 1.29 is 9.59 Å². The highest BCUT2D eigenvalue weighted by atomic mass is 79.9. The maximum absolute atomic E-state index is 12.8. The van der Waals surface area contributed by atoms with Crippen molar-refractivity contribution in [1.29, 1.82) is 0 Å². The fourth-order valence-electron chi connectivity index (χ4n) is 3.48. The third kappa shape index (κ3) is 6.75. The molecule has 1 N–H and O–H groups in total. The number of nitrogens with one attached hydrogen (secondary N) is 1. The number of likely N-dealkylation sites (N-methyl/N-ethyl adjacent to an activating group) is 2. The summed E-state index contributed by atoms with van der Waals surface area (Å²) >= 11 is 3.57. The van der Waals surface area contributed by atoms with Crippen molar-refractivity contribution in [1.82, 2.24) is 9.80 Å². The summed E-state index contributed by atoms with van der Waals surface area (Å²) < 4.78 is 1.02. The largest absolute Gasteiger partial charge is 0.368 e. The molecule has 0 bridgehead atoms. The number of halogens is 1. The molecule has 1 saturated heterocycles. The van der Waals surface area contributed by atoms with Crippen molar-refractivity contribution in [3.8, 4) is 0 Å². The molecule has 0 aromatic heterocycles. The minimum absolute atomic E-state index is 0.101. The minimum Gasteiger partial charge on any atom is -0.368 e. The number of rotatable bonds is 7. The summed E-state index contributed by atoms with van der Waals surface area (Å²) in [5.74, 6) is -0.215. The first-order chi connectivity index (χ1) is 14.8. The Kier molecular flexibility index (Phi) is 8.01. The summed E-state index contributed by atoms with van der Waals surface area (Å²) in [5, 5.41) is 2.83. The lowest BCUT2D eigenvalue weighted by Gasteiger charge is -2.35. The third-order valence-corrected chi connectivity index (χ3v) is 5.63. The second kappa shape index (κ2) is 10.7. The van der Waals surface area contributed by atoms with Gasteiger partial charge in [-0.3, -0.25) is 9.59 Å². The Morgan fingerprint density at radius 2 is 1.84 bits per heavy atom. The van der Waals surface area contributed by atoms with Gasteiger partial charge in [0.15, 0.2) is 5.78 Å². The van der Waals surface area contributed by atoms with Crippen molar-refractivity contribution >= 4 is 45.1 Å². The van der Waals surface area contributed by atoms with E-state index in [0.29, 0.717) is 11.3 Å². The molecule has 31 heavy (non-hydrogen) atoms. The fourth-order valence-corrected chi connectivity index (χ4v) is 3.83. The van der Waals surface area contributed by atoms with Gasteiger partial charge >= 0.3 is 0 Å². The molecule has 164 valence electrons. The van der Waals surface area contributed by atoms with E-state index >= 15 is 0 Å². The Morgan fingerprint density at radius 3 is 2.55 bits per heavy atom. The van der Waals surface area contributed by atoms with E-state index in [4.69, 9.17) is 0 Å². The standard InChI is InChI=1S/C24H29BrN4O2/c1-27(2)17-24(31)26-21-6-4-5-19(15-21)23(30)10-8-18-7-9-20(25)16-22(18)29-13-11-28(3)12-14-29/h4-10,15-16H,11-14,17H2,1-3H3,(H,26,31)/b10-8+. The normalized spacial score (nSPS) is 14.9. The van der Waals surface area contributed by atoms with E-state index in [9.17, 15) is 9.59 Å². The van der Waals surface area contributed by atoms with E-state index in [1.807, 2.05) is 32.3 Å². The highest BCUT2D eigenvalue weighted by Gasteiger charge is 2.17. The van der Waals surface area contributed by atoms with Crippen molar-refractivity contribution in [2.45, 2.75) is 0 Å². The van der Waals surface area contributed by atoms with Crippen LogP contribution in [0.5, 0.6) is 0 Å². The van der Waals surface area contributed by atoms with Crippen LogP contribution in [0.4, 0.5) is 11.4 Å². The van der Waals surface area contributed by atoms with Gasteiger partial charge in [-0.2, -0.15) is 0 Å². The van der Waals surface area contributed by atoms with Crippen LogP contribution in [0, 0.1) is 0 Å². The molecule has 3 rings (SSSR count). The van der Waals surface area contributed by atoms with Crippen molar-refractivity contribution in [3.63, 3.8) is 0 Å². The van der Waals surface area contributed by atoms with Crippen LogP contribution < -0.4 is 10.2 Å². The quantitative estimate of drug-likeness (QED) is 0.480. The van der Waals surface area contributed by atoms with Gasteiger partial charge in [0.1, 0.15) is 0 Å². The molecule has 0 saturated carbocycles. The Hall–Kier alpha value is -2.48. The lowest BCUT2D eigenvalue weighted by molar-refractivity contribution is -0.116. The summed E-state index contributed by atoms with van der Waals surface area (Å²) in [4.78, 5) is 31.3. The number of ketones is 1. The van der Waals surface area contributed by atoms with Crippen LogP contribution in [-0.2, 0) is 4.79 Å². The SMILES string of the molecule is CN(C)CC(=O)Nc1cccc(C(=O)/C=C/c2ccc(Br)cc2N2CCN(C)CC2)c1. The van der Waals surface area contributed by atoms with Crippen molar-refractivity contribution in [2.75, 3.05) is 64.1 Å². The number of allylic oxidation sites excluding steroid dienone is 1. The highest BCUT2D eigenvalue weighted by molar-refractivity contribution is 9.10. The Morgan fingerprint density at radius 1 is 1.10 bits per heavy atom. The number of hydrogen-bond acceptors (Lipinski definition) is 5. The maximum Gasteiger partial charge on any atom is 0.238 e. The van der Waals surface area contributed by atoms with Gasteiger partial charge in [0.25, 0.3) is 0 Å². The van der Waals surface area contributed by atoms with E-state index in [1.165, 1.54) is 0 Å². The van der Waals surface area contributed by atoms with Crippen molar-refractivity contribution in [2.24, 2.45) is 0 Å². The number of piperazine rings is 1. The molecule has 7 heteroatoms. The summed E-state index contributed by atoms with van der Waals surface area (Å²) in [5.41, 5.74) is 3.29. The molecule has 1 aliphatic rings. The third-order valence-electron chi connectivity index (χ3n) is 5.14. The van der Waals surface area contributed by atoms with Crippen molar-refractivity contribution in [3.05, 3.63) is 64.1 Å². The zero-order valence-corrected chi connectivity index (χ0v) is 19.9. The monoisotopic (exact) mass is 484 g/mol. The zero-order chi connectivity index (χ0) is 22.4. The van der Waals surface area contributed by atoms with Crippen LogP contribution in [0.1, 0.15) is 15.9 Å². The summed E-state index contributed by atoms with van der Waals surface area (Å²) in [7, 11) is 5.81. The molecule has 0 radical (unpaired) electrons. The molecule has 0 spiro atoms. The van der Waals surface area contributed by atoms with Crippen LogP contribution >= 0.6 is 15.9 Å². The van der Waals surface area contributed by atoms with E-state index in [2.05, 4.69) is 44.2 Å². The number of amides is 1. The number of benzene rings is 2. The Bertz CT molecular complexity index is 966. The number of nitrogens with zero attached hydrogens (tertiary/aromatic N) is 3. The second-order valence-corrected chi connectivity index (χ2v) is 8.97. The number of carbonyl (C=O) groups is 2. The zero-order valence-electron chi connectivity index (χ0n) is 18.3. The van der Waals surface area contributed by atoms with Gasteiger partial charge in [0.2, 0.25) is 5.91 Å². The summed E-state index contributed by atoms with van der Waals surface area (Å²) in [6.45, 7) is 4.23. The predicted octanol–water partition coefficient (Wildman–Crippen LogP) is 3.60. The molecule has 2 aromatic rings. The van der Waals surface area contributed by atoms with E-state index < -0.39 is 0 Å². The van der Waals surface area contributed by atoms with Gasteiger partial charge in [0.05, 0.1) is 6.54 Å². The number of hydrogen-bond donors (Lipinski definition) is 1. The first-order valence-corrected chi connectivity index (χ1v) is 11.1. The molecule has 1 aliphatic heterocycles. The number of carbonyl (C=O) groups excluding carboxylic acids is 2. The van der Waals surface area contributed by atoms with Crippen LogP contribution in [0.15, 0.2) is 53.0 Å². The van der Waals surface area contributed by atoms with Gasteiger partial charge < -0.3 is 20.0 Å². The lowest BCUT2D eigenvalue weighted by Crippen LogP contribution is -2.44. The molecule has 1 amide bonds. The summed E-state index contributed by atoms with van der Waals surface area (Å²) in [6.07, 6.45) is 3.48. The first-order valence-electron chi connectivity index (χ1n) is 10.3. The first kappa shape index (κ1) is 23.2. The molecule has 1 fully saturated rings. The molecule has 0 aliphatic carbocycles. The molecular weight excluding hydrogens is 456 g/mol. The van der Waals surface area contributed by atoms with Gasteiger partial charge in [-0.15, -0.1) is 0 Å². The predicted molar refractivity (Wildman–Crippen MR) is 131 cm³/mol.